The van der Waals surface area contributed by atoms with Gasteiger partial charge < -0.3 is 9.47 Å². The fourth-order valence-corrected chi connectivity index (χ4v) is 1.91. The lowest BCUT2D eigenvalue weighted by Crippen LogP contribution is -2.24. The zero-order valence-electron chi connectivity index (χ0n) is 13.6. The van der Waals surface area contributed by atoms with Crippen molar-refractivity contribution in [2.24, 2.45) is 5.10 Å². The number of carbonyl (C=O) groups excluding carboxylic acids is 1. The first-order valence-electron chi connectivity index (χ1n) is 7.53. The smallest absolute Gasteiger partial charge is 0.277 e. The van der Waals surface area contributed by atoms with Gasteiger partial charge in [0.15, 0.2) is 6.61 Å². The number of hydrogen-bond acceptors (Lipinski definition) is 4. The van der Waals surface area contributed by atoms with Gasteiger partial charge in [-0.3, -0.25) is 4.79 Å². The number of ether oxygens (including phenoxy) is 2. The van der Waals surface area contributed by atoms with Crippen LogP contribution >= 0.6 is 0 Å². The molecule has 0 aliphatic rings. The number of rotatable bonds is 8. The van der Waals surface area contributed by atoms with Gasteiger partial charge in [0.2, 0.25) is 0 Å². The van der Waals surface area contributed by atoms with Crippen molar-refractivity contribution in [1.29, 1.82) is 0 Å². The van der Waals surface area contributed by atoms with E-state index in [2.05, 4.69) is 17.1 Å². The summed E-state index contributed by atoms with van der Waals surface area (Å²) in [5, 5.41) is 3.92. The number of amides is 1. The van der Waals surface area contributed by atoms with Gasteiger partial charge in [0.05, 0.1) is 6.21 Å². The zero-order chi connectivity index (χ0) is 17.2. The van der Waals surface area contributed by atoms with Crippen molar-refractivity contribution in [3.05, 3.63) is 72.3 Å². The topological polar surface area (TPSA) is 59.9 Å². The summed E-state index contributed by atoms with van der Waals surface area (Å²) in [6.45, 7) is 5.87. The molecule has 0 bridgehead atoms. The summed E-state index contributed by atoms with van der Waals surface area (Å²) in [7, 11) is 0. The van der Waals surface area contributed by atoms with Crippen LogP contribution in [0.15, 0.2) is 66.3 Å². The average molecular weight is 324 g/mol. The van der Waals surface area contributed by atoms with Crippen LogP contribution in [0.2, 0.25) is 0 Å². The van der Waals surface area contributed by atoms with Gasteiger partial charge in [-0.25, -0.2) is 5.43 Å². The lowest BCUT2D eigenvalue weighted by molar-refractivity contribution is -0.123. The summed E-state index contributed by atoms with van der Waals surface area (Å²) in [6.07, 6.45) is 3.22. The molecule has 24 heavy (non-hydrogen) atoms. The van der Waals surface area contributed by atoms with E-state index < -0.39 is 0 Å². The van der Waals surface area contributed by atoms with Gasteiger partial charge in [-0.05, 0) is 36.2 Å². The van der Waals surface area contributed by atoms with E-state index in [-0.39, 0.29) is 12.5 Å². The van der Waals surface area contributed by atoms with Crippen molar-refractivity contribution >= 4 is 12.1 Å². The van der Waals surface area contributed by atoms with Crippen molar-refractivity contribution in [2.75, 3.05) is 13.2 Å². The zero-order valence-corrected chi connectivity index (χ0v) is 13.6. The Morgan fingerprint density at radius 1 is 1.21 bits per heavy atom. The van der Waals surface area contributed by atoms with Crippen LogP contribution in [0.25, 0.3) is 0 Å². The highest BCUT2D eigenvalue weighted by Gasteiger charge is 2.03. The lowest BCUT2D eigenvalue weighted by Gasteiger charge is -2.07. The summed E-state index contributed by atoms with van der Waals surface area (Å²) in [5.41, 5.74) is 4.23. The van der Waals surface area contributed by atoms with E-state index in [1.807, 2.05) is 55.5 Å². The summed E-state index contributed by atoms with van der Waals surface area (Å²) >= 11 is 0. The molecule has 0 radical (unpaired) electrons. The molecule has 0 saturated carbocycles. The van der Waals surface area contributed by atoms with Gasteiger partial charge in [0.1, 0.15) is 18.1 Å². The molecular formula is C19H20N2O3. The minimum atomic E-state index is -0.325. The Morgan fingerprint density at radius 3 is 2.83 bits per heavy atom. The van der Waals surface area contributed by atoms with E-state index in [0.29, 0.717) is 18.1 Å². The average Bonchev–Trinajstić information content (AvgIpc) is 2.60. The summed E-state index contributed by atoms with van der Waals surface area (Å²) in [6, 6.07) is 14.9. The molecule has 2 aromatic carbocycles. The molecule has 0 fully saturated rings. The molecule has 2 aromatic rings. The van der Waals surface area contributed by atoms with Crippen LogP contribution in [0.5, 0.6) is 11.5 Å². The van der Waals surface area contributed by atoms with E-state index in [4.69, 9.17) is 9.47 Å². The SMILES string of the molecule is C=CCOc1cccc(/C=N\NC(=O)COc2ccccc2C)c1. The molecule has 0 aliphatic heterocycles. The van der Waals surface area contributed by atoms with Crippen molar-refractivity contribution in [2.45, 2.75) is 6.92 Å². The summed E-state index contributed by atoms with van der Waals surface area (Å²) in [4.78, 5) is 11.7. The van der Waals surface area contributed by atoms with E-state index in [0.717, 1.165) is 11.1 Å². The first-order chi connectivity index (χ1) is 11.7. The summed E-state index contributed by atoms with van der Waals surface area (Å²) in [5.74, 6) is 1.07. The first kappa shape index (κ1) is 17.3. The Morgan fingerprint density at radius 2 is 2.04 bits per heavy atom. The molecule has 0 heterocycles. The van der Waals surface area contributed by atoms with E-state index in [1.165, 1.54) is 0 Å². The van der Waals surface area contributed by atoms with Crippen LogP contribution in [-0.2, 0) is 4.79 Å². The molecule has 0 aromatic heterocycles. The van der Waals surface area contributed by atoms with E-state index in [9.17, 15) is 4.79 Å². The van der Waals surface area contributed by atoms with Gasteiger partial charge in [-0.2, -0.15) is 5.10 Å². The number of nitrogens with zero attached hydrogens (tertiary/aromatic N) is 1. The van der Waals surface area contributed by atoms with Crippen LogP contribution in [0.4, 0.5) is 0 Å². The predicted octanol–water partition coefficient (Wildman–Crippen LogP) is 3.09. The number of hydrogen-bond donors (Lipinski definition) is 1. The predicted molar refractivity (Wildman–Crippen MR) is 94.5 cm³/mol. The molecule has 1 amide bonds. The van der Waals surface area contributed by atoms with E-state index >= 15 is 0 Å². The van der Waals surface area contributed by atoms with Crippen LogP contribution in [0.3, 0.4) is 0 Å². The standard InChI is InChI=1S/C19H20N2O3/c1-3-11-23-17-9-6-8-16(12-17)13-20-21-19(22)14-24-18-10-5-4-7-15(18)2/h3-10,12-13H,1,11,14H2,2H3,(H,21,22)/b20-13-. The van der Waals surface area contributed by atoms with Crippen molar-refractivity contribution in [3.63, 3.8) is 0 Å². The van der Waals surface area contributed by atoms with Crippen LogP contribution < -0.4 is 14.9 Å². The molecule has 1 N–H and O–H groups in total. The molecule has 5 nitrogen and oxygen atoms in total. The van der Waals surface area contributed by atoms with Gasteiger partial charge >= 0.3 is 0 Å². The minimum absolute atomic E-state index is 0.0926. The van der Waals surface area contributed by atoms with Gasteiger partial charge in [0, 0.05) is 0 Å². The maximum Gasteiger partial charge on any atom is 0.277 e. The highest BCUT2D eigenvalue weighted by molar-refractivity contribution is 5.83. The molecule has 0 aliphatic carbocycles. The molecule has 124 valence electrons. The fraction of sp³-hybridized carbons (Fsp3) is 0.158. The minimum Gasteiger partial charge on any atom is -0.490 e. The molecule has 0 unspecified atom stereocenters. The molecule has 5 heteroatoms. The Bertz CT molecular complexity index is 726. The highest BCUT2D eigenvalue weighted by Crippen LogP contribution is 2.15. The monoisotopic (exact) mass is 324 g/mol. The van der Waals surface area contributed by atoms with Gasteiger partial charge in [-0.15, -0.1) is 0 Å². The largest absolute Gasteiger partial charge is 0.490 e. The molecule has 0 atom stereocenters. The van der Waals surface area contributed by atoms with Crippen molar-refractivity contribution < 1.29 is 14.3 Å². The number of carbonyl (C=O) groups is 1. The highest BCUT2D eigenvalue weighted by atomic mass is 16.5. The normalized spacial score (nSPS) is 10.4. The van der Waals surface area contributed by atoms with E-state index in [1.54, 1.807) is 12.3 Å². The second-order valence-corrected chi connectivity index (χ2v) is 5.02. The number of benzene rings is 2. The maximum atomic E-state index is 11.7. The fourth-order valence-electron chi connectivity index (χ4n) is 1.91. The first-order valence-corrected chi connectivity index (χ1v) is 7.53. The second kappa shape index (κ2) is 9.15. The van der Waals surface area contributed by atoms with Crippen molar-refractivity contribution in [1.82, 2.24) is 5.43 Å². The number of nitrogens with one attached hydrogen (secondary N) is 1. The number of hydrazone groups is 1. The van der Waals surface area contributed by atoms with Gasteiger partial charge in [0.25, 0.3) is 5.91 Å². The van der Waals surface area contributed by atoms with Gasteiger partial charge in [-0.1, -0.05) is 43.0 Å². The number of aryl methyl sites for hydroxylation is 1. The maximum absolute atomic E-state index is 11.7. The van der Waals surface area contributed by atoms with Crippen LogP contribution in [0.1, 0.15) is 11.1 Å². The lowest BCUT2D eigenvalue weighted by atomic mass is 10.2. The third kappa shape index (κ3) is 5.61. The van der Waals surface area contributed by atoms with Crippen molar-refractivity contribution in [3.8, 4) is 11.5 Å². The Balaban J connectivity index is 1.82. The molecular weight excluding hydrogens is 304 g/mol. The Hall–Kier alpha value is -3.08. The van der Waals surface area contributed by atoms with Crippen LogP contribution in [-0.4, -0.2) is 25.3 Å². The molecule has 0 saturated heterocycles. The van der Waals surface area contributed by atoms with Crippen LogP contribution in [0, 0.1) is 6.92 Å². The molecule has 2 rings (SSSR count). The summed E-state index contributed by atoms with van der Waals surface area (Å²) < 4.78 is 10.9. The Labute approximate surface area is 141 Å². The second-order valence-electron chi connectivity index (χ2n) is 5.02. The third-order valence-corrected chi connectivity index (χ3v) is 3.08. The molecule has 0 spiro atoms. The Kier molecular flexibility index (Phi) is 6.58. The third-order valence-electron chi connectivity index (χ3n) is 3.08. The quantitative estimate of drug-likeness (QED) is 0.461. The number of para-hydroxylation sites is 1.